The van der Waals surface area contributed by atoms with Crippen LogP contribution >= 0.6 is 0 Å². The largest absolute Gasteiger partial charge is 0.386 e. The molecule has 0 aliphatic carbocycles. The zero-order valence-corrected chi connectivity index (χ0v) is 12.6. The van der Waals surface area contributed by atoms with Crippen molar-refractivity contribution < 1.29 is 9.90 Å². The number of nitrogens with one attached hydrogen (secondary N) is 1. The van der Waals surface area contributed by atoms with Crippen LogP contribution in [0, 0.1) is 0 Å². The standard InChI is InChI=1S/C16H21N3O2/c1-16(2,13-7-5-4-6-8-13)15(21)17-10-14(20)12-9-18-19(3)11-12/h4-9,11,14,20H,10H2,1-3H3,(H,17,21)/t14-/m0/s1. The molecule has 1 aromatic heterocycles. The number of aliphatic hydroxyl groups is 1. The highest BCUT2D eigenvalue weighted by molar-refractivity contribution is 5.87. The summed E-state index contributed by atoms with van der Waals surface area (Å²) in [6.07, 6.45) is 2.58. The van der Waals surface area contributed by atoms with Crippen molar-refractivity contribution in [2.75, 3.05) is 6.54 Å². The number of aliphatic hydroxyl groups excluding tert-OH is 1. The third kappa shape index (κ3) is 3.49. The average molecular weight is 287 g/mol. The maximum absolute atomic E-state index is 12.4. The first-order chi connectivity index (χ1) is 9.91. The summed E-state index contributed by atoms with van der Waals surface area (Å²) in [5.74, 6) is -0.114. The van der Waals surface area contributed by atoms with Crippen LogP contribution in [-0.2, 0) is 17.3 Å². The molecule has 0 spiro atoms. The lowest BCUT2D eigenvalue weighted by Gasteiger charge is -2.24. The van der Waals surface area contributed by atoms with Crippen LogP contribution in [0.3, 0.4) is 0 Å². The highest BCUT2D eigenvalue weighted by atomic mass is 16.3. The van der Waals surface area contributed by atoms with Gasteiger partial charge >= 0.3 is 0 Å². The maximum Gasteiger partial charge on any atom is 0.230 e. The fraction of sp³-hybridized carbons (Fsp3) is 0.375. The Morgan fingerprint density at radius 1 is 1.38 bits per heavy atom. The van der Waals surface area contributed by atoms with Crippen LogP contribution in [0.1, 0.15) is 31.1 Å². The van der Waals surface area contributed by atoms with E-state index in [4.69, 9.17) is 0 Å². The summed E-state index contributed by atoms with van der Waals surface area (Å²) < 4.78 is 1.62. The second-order valence-electron chi connectivity index (χ2n) is 5.66. The molecule has 1 heterocycles. The van der Waals surface area contributed by atoms with Gasteiger partial charge in [-0.25, -0.2) is 0 Å². The topological polar surface area (TPSA) is 67.2 Å². The number of amides is 1. The normalized spacial score (nSPS) is 13.0. The van der Waals surface area contributed by atoms with Crippen LogP contribution in [0.2, 0.25) is 0 Å². The summed E-state index contributed by atoms with van der Waals surface area (Å²) in [5.41, 5.74) is 0.990. The van der Waals surface area contributed by atoms with E-state index in [1.54, 1.807) is 24.1 Å². The highest BCUT2D eigenvalue weighted by Gasteiger charge is 2.29. The van der Waals surface area contributed by atoms with E-state index < -0.39 is 11.5 Å². The van der Waals surface area contributed by atoms with Gasteiger partial charge in [0.25, 0.3) is 0 Å². The predicted molar refractivity (Wildman–Crippen MR) is 80.6 cm³/mol. The Balaban J connectivity index is 1.98. The van der Waals surface area contributed by atoms with E-state index in [0.717, 1.165) is 5.56 Å². The van der Waals surface area contributed by atoms with Gasteiger partial charge in [-0.2, -0.15) is 5.10 Å². The molecular formula is C16H21N3O2. The van der Waals surface area contributed by atoms with E-state index >= 15 is 0 Å². The molecule has 5 nitrogen and oxygen atoms in total. The lowest BCUT2D eigenvalue weighted by atomic mass is 9.83. The molecule has 0 unspecified atom stereocenters. The number of carbonyl (C=O) groups excluding carboxylic acids is 1. The van der Waals surface area contributed by atoms with E-state index in [2.05, 4.69) is 10.4 Å². The molecule has 2 aromatic rings. The SMILES string of the molecule is Cn1cc([C@@H](O)CNC(=O)C(C)(C)c2ccccc2)cn1. The molecule has 21 heavy (non-hydrogen) atoms. The maximum atomic E-state index is 12.4. The number of nitrogens with zero attached hydrogens (tertiary/aromatic N) is 2. The van der Waals surface area contributed by atoms with E-state index in [1.807, 2.05) is 44.2 Å². The summed E-state index contributed by atoms with van der Waals surface area (Å²) >= 11 is 0. The van der Waals surface area contributed by atoms with Crippen molar-refractivity contribution in [1.29, 1.82) is 0 Å². The number of aromatic nitrogens is 2. The molecule has 2 rings (SSSR count). The Kier molecular flexibility index (Phi) is 4.43. The van der Waals surface area contributed by atoms with Gasteiger partial charge < -0.3 is 10.4 Å². The lowest BCUT2D eigenvalue weighted by molar-refractivity contribution is -0.126. The van der Waals surface area contributed by atoms with Gasteiger partial charge in [0.05, 0.1) is 17.7 Å². The third-order valence-electron chi connectivity index (χ3n) is 3.63. The van der Waals surface area contributed by atoms with Crippen molar-refractivity contribution >= 4 is 5.91 Å². The Labute approximate surface area is 124 Å². The first kappa shape index (κ1) is 15.3. The van der Waals surface area contributed by atoms with Crippen LogP contribution in [-0.4, -0.2) is 27.3 Å². The summed E-state index contributed by atoms with van der Waals surface area (Å²) in [7, 11) is 1.79. The Morgan fingerprint density at radius 2 is 2.05 bits per heavy atom. The quantitative estimate of drug-likeness (QED) is 0.876. The molecule has 0 radical (unpaired) electrons. The second kappa shape index (κ2) is 6.10. The van der Waals surface area contributed by atoms with Crippen molar-refractivity contribution in [1.82, 2.24) is 15.1 Å². The van der Waals surface area contributed by atoms with Crippen LogP contribution in [0.15, 0.2) is 42.7 Å². The van der Waals surface area contributed by atoms with Gasteiger partial charge in [0, 0.05) is 25.4 Å². The third-order valence-corrected chi connectivity index (χ3v) is 3.63. The smallest absolute Gasteiger partial charge is 0.230 e. The van der Waals surface area contributed by atoms with E-state index in [9.17, 15) is 9.90 Å². The molecule has 1 amide bonds. The van der Waals surface area contributed by atoms with E-state index in [0.29, 0.717) is 5.56 Å². The minimum Gasteiger partial charge on any atom is -0.386 e. The molecule has 2 N–H and O–H groups in total. The summed E-state index contributed by atoms with van der Waals surface area (Å²) in [4.78, 5) is 12.4. The van der Waals surface area contributed by atoms with E-state index in [-0.39, 0.29) is 12.5 Å². The fourth-order valence-electron chi connectivity index (χ4n) is 2.13. The zero-order valence-electron chi connectivity index (χ0n) is 12.6. The van der Waals surface area contributed by atoms with Crippen molar-refractivity contribution in [3.05, 3.63) is 53.9 Å². The second-order valence-corrected chi connectivity index (χ2v) is 5.66. The number of benzene rings is 1. The predicted octanol–water partition coefficient (Wildman–Crippen LogP) is 1.55. The highest BCUT2D eigenvalue weighted by Crippen LogP contribution is 2.23. The molecular weight excluding hydrogens is 266 g/mol. The van der Waals surface area contributed by atoms with Crippen LogP contribution in [0.5, 0.6) is 0 Å². The molecule has 0 fully saturated rings. The van der Waals surface area contributed by atoms with Crippen molar-refractivity contribution in [2.45, 2.75) is 25.4 Å². The number of hydrogen-bond donors (Lipinski definition) is 2. The minimum atomic E-state index is -0.755. The van der Waals surface area contributed by atoms with Crippen molar-refractivity contribution in [3.8, 4) is 0 Å². The van der Waals surface area contributed by atoms with Crippen molar-refractivity contribution in [2.24, 2.45) is 7.05 Å². The van der Waals surface area contributed by atoms with Crippen LogP contribution in [0.25, 0.3) is 0 Å². The van der Waals surface area contributed by atoms with Gasteiger partial charge in [0.1, 0.15) is 0 Å². The molecule has 1 aromatic carbocycles. The molecule has 0 aliphatic rings. The molecule has 1 atom stereocenters. The Bertz CT molecular complexity index is 605. The van der Waals surface area contributed by atoms with Gasteiger partial charge in [-0.3, -0.25) is 9.48 Å². The molecule has 5 heteroatoms. The van der Waals surface area contributed by atoms with Gasteiger partial charge in [-0.15, -0.1) is 0 Å². The fourth-order valence-corrected chi connectivity index (χ4v) is 2.13. The molecule has 0 bridgehead atoms. The summed E-state index contributed by atoms with van der Waals surface area (Å²) in [6.45, 7) is 3.91. The van der Waals surface area contributed by atoms with Crippen molar-refractivity contribution in [3.63, 3.8) is 0 Å². The summed E-state index contributed by atoms with van der Waals surface area (Å²) in [5, 5.41) is 16.9. The molecule has 0 saturated carbocycles. The van der Waals surface area contributed by atoms with Gasteiger partial charge in [0.2, 0.25) is 5.91 Å². The Hall–Kier alpha value is -2.14. The van der Waals surface area contributed by atoms with Gasteiger partial charge in [-0.1, -0.05) is 30.3 Å². The average Bonchev–Trinajstić information content (AvgIpc) is 2.92. The Morgan fingerprint density at radius 3 is 2.62 bits per heavy atom. The van der Waals surface area contributed by atoms with Crippen LogP contribution in [0.4, 0.5) is 0 Å². The van der Waals surface area contributed by atoms with Gasteiger partial charge in [0.15, 0.2) is 0 Å². The van der Waals surface area contributed by atoms with E-state index in [1.165, 1.54) is 0 Å². The number of hydrogen-bond acceptors (Lipinski definition) is 3. The lowest BCUT2D eigenvalue weighted by Crippen LogP contribution is -2.41. The molecule has 0 aliphatic heterocycles. The number of carbonyl (C=O) groups is 1. The number of aryl methyl sites for hydroxylation is 1. The zero-order chi connectivity index (χ0) is 15.5. The molecule has 0 saturated heterocycles. The first-order valence-corrected chi connectivity index (χ1v) is 6.91. The van der Waals surface area contributed by atoms with Crippen LogP contribution < -0.4 is 5.32 Å². The molecule has 112 valence electrons. The number of rotatable bonds is 5. The minimum absolute atomic E-state index is 0.114. The van der Waals surface area contributed by atoms with Gasteiger partial charge in [-0.05, 0) is 19.4 Å². The first-order valence-electron chi connectivity index (χ1n) is 6.91. The monoisotopic (exact) mass is 287 g/mol. The summed E-state index contributed by atoms with van der Waals surface area (Å²) in [6, 6.07) is 9.60.